The number of aryl methyl sites for hydroxylation is 1. The van der Waals surface area contributed by atoms with Gasteiger partial charge in [0, 0.05) is 42.9 Å². The maximum Gasteiger partial charge on any atom is 0.227 e. The van der Waals surface area contributed by atoms with Crippen LogP contribution in [0.1, 0.15) is 48.9 Å². The second-order valence-electron chi connectivity index (χ2n) is 9.44. The van der Waals surface area contributed by atoms with E-state index in [1.807, 2.05) is 19.1 Å². The molecule has 0 saturated carbocycles. The molecule has 9 heteroatoms. The highest BCUT2D eigenvalue weighted by Gasteiger charge is 2.36. The Morgan fingerprint density at radius 1 is 1.19 bits per heavy atom. The minimum absolute atomic E-state index is 0.0409. The number of nitriles is 2. The van der Waals surface area contributed by atoms with Crippen LogP contribution >= 0.6 is 0 Å². The first kappa shape index (κ1) is 25.6. The Kier molecular flexibility index (Phi) is 7.66. The summed E-state index contributed by atoms with van der Waals surface area (Å²) < 4.78 is 0. The summed E-state index contributed by atoms with van der Waals surface area (Å²) in [6.45, 7) is 4.60. The van der Waals surface area contributed by atoms with E-state index >= 15 is 0 Å². The normalized spacial score (nSPS) is 15.7. The van der Waals surface area contributed by atoms with Crippen LogP contribution in [-0.2, 0) is 16.6 Å². The van der Waals surface area contributed by atoms with E-state index in [1.165, 1.54) is 6.92 Å². The SMILES string of the molecule is CC(=O)NCCCCc1ccc(C#N)cc1Nc1nccc(-c2cc(C#N)c3c(c2)[C@@](C)(CO)CN3)n1. The van der Waals surface area contributed by atoms with Gasteiger partial charge in [-0.3, -0.25) is 4.79 Å². The Morgan fingerprint density at radius 2 is 2.03 bits per heavy atom. The molecule has 1 atom stereocenters. The number of hydrogen-bond donors (Lipinski definition) is 4. The predicted octanol–water partition coefficient (Wildman–Crippen LogP) is 3.76. The molecule has 1 aliphatic rings. The van der Waals surface area contributed by atoms with Gasteiger partial charge in [0.2, 0.25) is 11.9 Å². The van der Waals surface area contributed by atoms with Crippen LogP contribution in [0.25, 0.3) is 11.3 Å². The molecule has 0 aliphatic carbocycles. The summed E-state index contributed by atoms with van der Waals surface area (Å²) in [5.74, 6) is 0.328. The number of anilines is 3. The highest BCUT2D eigenvalue weighted by atomic mass is 16.3. The first-order valence-electron chi connectivity index (χ1n) is 12.2. The summed E-state index contributed by atoms with van der Waals surface area (Å²) in [4.78, 5) is 20.1. The van der Waals surface area contributed by atoms with Crippen LogP contribution in [0.15, 0.2) is 42.6 Å². The average molecular weight is 496 g/mol. The number of aromatic nitrogens is 2. The molecule has 188 valence electrons. The molecule has 2 heterocycles. The number of aliphatic hydroxyl groups excluding tert-OH is 1. The Bertz CT molecular complexity index is 1410. The lowest BCUT2D eigenvalue weighted by atomic mass is 9.83. The number of unbranched alkanes of at least 4 members (excludes halogenated alkanes) is 1. The summed E-state index contributed by atoms with van der Waals surface area (Å²) in [6.07, 6.45) is 4.11. The van der Waals surface area contributed by atoms with Crippen LogP contribution in [0.4, 0.5) is 17.3 Å². The Hall–Kier alpha value is -4.47. The molecule has 3 aromatic rings. The third-order valence-corrected chi connectivity index (χ3v) is 6.60. The Balaban J connectivity index is 1.60. The highest BCUT2D eigenvalue weighted by molar-refractivity contribution is 5.76. The van der Waals surface area contributed by atoms with E-state index in [4.69, 9.17) is 4.98 Å². The van der Waals surface area contributed by atoms with Crippen LogP contribution in [0.2, 0.25) is 0 Å². The quantitative estimate of drug-likeness (QED) is 0.328. The first-order chi connectivity index (χ1) is 17.9. The minimum Gasteiger partial charge on any atom is -0.395 e. The molecule has 9 nitrogen and oxygen atoms in total. The maximum absolute atomic E-state index is 11.1. The van der Waals surface area contributed by atoms with Crippen molar-refractivity contribution in [3.63, 3.8) is 0 Å². The summed E-state index contributed by atoms with van der Waals surface area (Å²) >= 11 is 0. The number of fused-ring (bicyclic) bond motifs is 1. The monoisotopic (exact) mass is 495 g/mol. The van der Waals surface area contributed by atoms with E-state index in [1.54, 1.807) is 30.5 Å². The van der Waals surface area contributed by atoms with Crippen molar-refractivity contribution in [1.29, 1.82) is 10.5 Å². The predicted molar refractivity (Wildman–Crippen MR) is 141 cm³/mol. The van der Waals surface area contributed by atoms with Crippen molar-refractivity contribution >= 4 is 23.2 Å². The van der Waals surface area contributed by atoms with Gasteiger partial charge in [0.1, 0.15) is 6.07 Å². The zero-order valence-corrected chi connectivity index (χ0v) is 20.9. The van der Waals surface area contributed by atoms with Gasteiger partial charge in [0.25, 0.3) is 0 Å². The highest BCUT2D eigenvalue weighted by Crippen LogP contribution is 2.41. The number of rotatable bonds is 9. The average Bonchev–Trinajstić information content (AvgIpc) is 3.25. The number of carbonyl (C=O) groups excluding carboxylic acids is 1. The van der Waals surface area contributed by atoms with Gasteiger partial charge in [-0.15, -0.1) is 0 Å². The largest absolute Gasteiger partial charge is 0.395 e. The van der Waals surface area contributed by atoms with Gasteiger partial charge in [-0.05, 0) is 60.7 Å². The van der Waals surface area contributed by atoms with Gasteiger partial charge in [0.05, 0.1) is 35.2 Å². The van der Waals surface area contributed by atoms with E-state index in [0.29, 0.717) is 35.9 Å². The van der Waals surface area contributed by atoms with E-state index < -0.39 is 5.41 Å². The molecule has 2 aromatic carbocycles. The van der Waals surface area contributed by atoms with Crippen molar-refractivity contribution in [2.75, 3.05) is 30.3 Å². The molecule has 1 amide bonds. The van der Waals surface area contributed by atoms with Gasteiger partial charge in [-0.25, -0.2) is 9.97 Å². The molecule has 37 heavy (non-hydrogen) atoms. The zero-order chi connectivity index (χ0) is 26.4. The van der Waals surface area contributed by atoms with E-state index in [0.717, 1.165) is 47.3 Å². The molecule has 0 fully saturated rings. The topological polar surface area (TPSA) is 147 Å². The third-order valence-electron chi connectivity index (χ3n) is 6.60. The van der Waals surface area contributed by atoms with Crippen LogP contribution in [0.3, 0.4) is 0 Å². The molecule has 0 saturated heterocycles. The van der Waals surface area contributed by atoms with Crippen molar-refractivity contribution in [3.05, 3.63) is 64.8 Å². The Labute approximate surface area is 216 Å². The molecule has 0 radical (unpaired) electrons. The van der Waals surface area contributed by atoms with E-state index in [9.17, 15) is 20.4 Å². The Morgan fingerprint density at radius 3 is 2.76 bits per heavy atom. The number of aliphatic hydroxyl groups is 1. The van der Waals surface area contributed by atoms with Crippen LogP contribution in [0, 0.1) is 22.7 Å². The lowest BCUT2D eigenvalue weighted by Gasteiger charge is -2.21. The third kappa shape index (κ3) is 5.69. The van der Waals surface area contributed by atoms with Gasteiger partial charge >= 0.3 is 0 Å². The molecule has 0 spiro atoms. The fourth-order valence-electron chi connectivity index (χ4n) is 4.45. The van der Waals surface area contributed by atoms with Gasteiger partial charge in [0.15, 0.2) is 0 Å². The number of carbonyl (C=O) groups is 1. The molecular formula is C28H29N7O2. The standard InChI is InChI=1S/C28H29N7O2/c1-18(37)31-9-4-3-5-20-7-6-19(14-29)11-25(20)35-27-32-10-8-24(34-27)21-12-22(15-30)26-23(13-21)28(2,17-36)16-33-26/h6-8,10-13,33,36H,3-5,9,16-17H2,1-2H3,(H,31,37)(H,32,34,35)/t28-/m1/s1. The molecule has 0 unspecified atom stereocenters. The summed E-state index contributed by atoms with van der Waals surface area (Å²) in [5, 5.41) is 38.4. The van der Waals surface area contributed by atoms with Crippen molar-refractivity contribution in [2.24, 2.45) is 0 Å². The fraction of sp³-hybridized carbons (Fsp3) is 0.321. The van der Waals surface area contributed by atoms with Crippen molar-refractivity contribution in [3.8, 4) is 23.4 Å². The number of nitrogens with zero attached hydrogens (tertiary/aromatic N) is 4. The zero-order valence-electron chi connectivity index (χ0n) is 20.9. The van der Waals surface area contributed by atoms with Crippen LogP contribution in [-0.4, -0.2) is 40.7 Å². The fourth-order valence-corrected chi connectivity index (χ4v) is 4.45. The van der Waals surface area contributed by atoms with Crippen LogP contribution < -0.4 is 16.0 Å². The summed E-state index contributed by atoms with van der Waals surface area (Å²) in [7, 11) is 0. The number of amides is 1. The summed E-state index contributed by atoms with van der Waals surface area (Å²) in [6, 6.07) is 15.4. The molecule has 4 N–H and O–H groups in total. The molecule has 1 aliphatic heterocycles. The number of hydrogen-bond acceptors (Lipinski definition) is 8. The molecule has 0 bridgehead atoms. The lowest BCUT2D eigenvalue weighted by molar-refractivity contribution is -0.118. The second kappa shape index (κ2) is 11.1. The van der Waals surface area contributed by atoms with Crippen LogP contribution in [0.5, 0.6) is 0 Å². The first-order valence-corrected chi connectivity index (χ1v) is 12.2. The lowest BCUT2D eigenvalue weighted by Crippen LogP contribution is -2.28. The summed E-state index contributed by atoms with van der Waals surface area (Å²) in [5.41, 5.74) is 5.34. The minimum atomic E-state index is -0.488. The van der Waals surface area contributed by atoms with E-state index in [2.05, 4.69) is 33.1 Å². The van der Waals surface area contributed by atoms with Gasteiger partial charge in [-0.2, -0.15) is 10.5 Å². The smallest absolute Gasteiger partial charge is 0.227 e. The molecular weight excluding hydrogens is 466 g/mol. The van der Waals surface area contributed by atoms with Crippen molar-refractivity contribution < 1.29 is 9.90 Å². The number of benzene rings is 2. The van der Waals surface area contributed by atoms with Crippen molar-refractivity contribution in [2.45, 2.75) is 38.5 Å². The number of nitrogens with one attached hydrogen (secondary N) is 3. The van der Waals surface area contributed by atoms with Gasteiger partial charge in [-0.1, -0.05) is 13.0 Å². The van der Waals surface area contributed by atoms with E-state index in [-0.39, 0.29) is 12.5 Å². The molecule has 4 rings (SSSR count). The maximum atomic E-state index is 11.1. The van der Waals surface area contributed by atoms with Gasteiger partial charge < -0.3 is 21.1 Å². The van der Waals surface area contributed by atoms with Crippen molar-refractivity contribution in [1.82, 2.24) is 15.3 Å². The molecule has 1 aromatic heterocycles. The second-order valence-corrected chi connectivity index (χ2v) is 9.44.